The Morgan fingerprint density at radius 3 is 1.07 bits per heavy atom. The molecule has 0 amide bonds. The molecular formula is C9HF17N2O2. The van der Waals surface area contributed by atoms with Gasteiger partial charge in [-0.1, -0.05) is 4.90 Å². The smallest absolute Gasteiger partial charge is 0.469 e. The molecule has 0 aromatic rings. The second-order valence-electron chi connectivity index (χ2n) is 5.31. The Morgan fingerprint density at radius 2 is 0.867 bits per heavy atom. The molecule has 1 unspecified atom stereocenters. The van der Waals surface area contributed by atoms with Crippen LogP contribution in [0.2, 0.25) is 0 Å². The van der Waals surface area contributed by atoms with Crippen LogP contribution in [0.5, 0.6) is 0 Å². The normalized spacial score (nSPS) is 26.8. The first-order chi connectivity index (χ1) is 12.7. The molecule has 0 radical (unpaired) electrons. The second-order valence-corrected chi connectivity index (χ2v) is 5.31. The van der Waals surface area contributed by atoms with E-state index >= 15 is 0 Å². The molecule has 1 fully saturated rings. The van der Waals surface area contributed by atoms with Crippen molar-refractivity contribution in [1.82, 2.24) is 9.80 Å². The van der Waals surface area contributed by atoms with Gasteiger partial charge in [-0.15, -0.1) is 4.90 Å². The van der Waals surface area contributed by atoms with Crippen LogP contribution < -0.4 is 0 Å². The zero-order valence-corrected chi connectivity index (χ0v) is 12.7. The lowest BCUT2D eigenvalue weighted by atomic mass is 9.98. The number of piperazine rings is 1. The fraction of sp³-hybridized carbons (Fsp3) is 0.889. The minimum atomic E-state index is -8.24. The lowest BCUT2D eigenvalue weighted by molar-refractivity contribution is -0.578. The molecule has 0 aromatic carbocycles. The first-order valence-electron chi connectivity index (χ1n) is 6.23. The molecule has 1 N–H and O–H groups in total. The van der Waals surface area contributed by atoms with Crippen LogP contribution in [0.1, 0.15) is 0 Å². The highest BCUT2D eigenvalue weighted by Crippen LogP contribution is 2.65. The van der Waals surface area contributed by atoms with Gasteiger partial charge in [0.1, 0.15) is 0 Å². The largest absolute Gasteiger partial charge is 0.478 e. The molecule has 0 saturated carbocycles. The summed E-state index contributed by atoms with van der Waals surface area (Å²) in [5, 5.41) is 7.96. The van der Waals surface area contributed by atoms with E-state index in [1.807, 2.05) is 0 Å². The monoisotopic (exact) mass is 492 g/mol. The van der Waals surface area contributed by atoms with Gasteiger partial charge in [-0.05, 0) is 0 Å². The zero-order valence-electron chi connectivity index (χ0n) is 12.7. The standard InChI is InChI=1S/C9HF17N2O2/c10-2(1(29)30,3(11,12)13)4(14,15)27-5(16,17)7(20,21)28(9(24,25)26)8(22,23)6(27,18)19/h(H,29,30). The average molecular weight is 492 g/mol. The average Bonchev–Trinajstić information content (AvgIpc) is 2.39. The van der Waals surface area contributed by atoms with E-state index in [2.05, 4.69) is 0 Å². The van der Waals surface area contributed by atoms with Crippen LogP contribution in [-0.2, 0) is 4.79 Å². The molecule has 1 aliphatic rings. The van der Waals surface area contributed by atoms with Crippen molar-refractivity contribution in [2.24, 2.45) is 0 Å². The lowest BCUT2D eigenvalue weighted by Gasteiger charge is -2.55. The lowest BCUT2D eigenvalue weighted by Crippen LogP contribution is -2.87. The molecule has 21 heteroatoms. The Morgan fingerprint density at radius 1 is 0.600 bits per heavy atom. The molecule has 1 atom stereocenters. The van der Waals surface area contributed by atoms with Gasteiger partial charge in [0.2, 0.25) is 0 Å². The number of hydrogen-bond acceptors (Lipinski definition) is 3. The third-order valence-electron chi connectivity index (χ3n) is 3.48. The van der Waals surface area contributed by atoms with Gasteiger partial charge in [-0.2, -0.15) is 70.2 Å². The highest BCUT2D eigenvalue weighted by Gasteiger charge is 2.96. The molecule has 30 heavy (non-hydrogen) atoms. The zero-order chi connectivity index (χ0) is 24.7. The van der Waals surface area contributed by atoms with Crippen molar-refractivity contribution < 1.29 is 84.5 Å². The Balaban J connectivity index is 4.07. The summed E-state index contributed by atoms with van der Waals surface area (Å²) in [5.74, 6) is -4.66. The number of carboxylic acid groups (broad SMARTS) is 1. The summed E-state index contributed by atoms with van der Waals surface area (Å²) in [5.41, 5.74) is -7.71. The Bertz CT molecular complexity index is 683. The van der Waals surface area contributed by atoms with E-state index in [4.69, 9.17) is 5.11 Å². The number of hydrogen-bond donors (Lipinski definition) is 1. The Kier molecular flexibility index (Phi) is 5.36. The van der Waals surface area contributed by atoms with E-state index in [-0.39, 0.29) is 0 Å². The molecule has 1 aliphatic heterocycles. The Hall–Kier alpha value is -1.80. The van der Waals surface area contributed by atoms with Crippen LogP contribution in [0.4, 0.5) is 74.6 Å². The number of carbonyl (C=O) groups is 1. The van der Waals surface area contributed by atoms with Crippen molar-refractivity contribution in [2.45, 2.75) is 48.4 Å². The van der Waals surface area contributed by atoms with E-state index in [0.29, 0.717) is 0 Å². The minimum absolute atomic E-state index is 4.24. The summed E-state index contributed by atoms with van der Waals surface area (Å²) < 4.78 is 223. The van der Waals surface area contributed by atoms with Crippen molar-refractivity contribution >= 4 is 5.97 Å². The number of halogens is 17. The van der Waals surface area contributed by atoms with Gasteiger partial charge < -0.3 is 5.11 Å². The molecule has 4 nitrogen and oxygen atoms in total. The first-order valence-corrected chi connectivity index (χ1v) is 6.23. The van der Waals surface area contributed by atoms with Gasteiger partial charge in [0, 0.05) is 0 Å². The highest BCUT2D eigenvalue weighted by molar-refractivity contribution is 5.80. The van der Waals surface area contributed by atoms with Crippen LogP contribution in [0.15, 0.2) is 0 Å². The summed E-state index contributed by atoms with van der Waals surface area (Å²) in [6.45, 7) is 0. The molecule has 0 aliphatic carbocycles. The molecule has 178 valence electrons. The van der Waals surface area contributed by atoms with E-state index in [9.17, 15) is 79.4 Å². The SMILES string of the molecule is O=C(O)C(F)(C(F)(F)F)C(F)(F)N1C(F)(F)C(F)(F)N(C(F)(F)F)C(F)(F)C1(F)F. The van der Waals surface area contributed by atoms with E-state index < -0.39 is 64.1 Å². The maximum Gasteiger partial charge on any atom is 0.469 e. The maximum atomic E-state index is 13.7. The molecule has 1 heterocycles. The summed E-state index contributed by atoms with van der Waals surface area (Å²) in [6, 6.07) is -40.2. The van der Waals surface area contributed by atoms with Crippen LogP contribution in [0.3, 0.4) is 0 Å². The van der Waals surface area contributed by atoms with Crippen LogP contribution in [0, 0.1) is 0 Å². The summed E-state index contributed by atoms with van der Waals surface area (Å²) in [6.07, 6.45) is -15.3. The summed E-state index contributed by atoms with van der Waals surface area (Å²) in [7, 11) is 0. The minimum Gasteiger partial charge on any atom is -0.478 e. The van der Waals surface area contributed by atoms with Crippen molar-refractivity contribution in [3.05, 3.63) is 0 Å². The summed E-state index contributed by atoms with van der Waals surface area (Å²) >= 11 is 0. The quantitative estimate of drug-likeness (QED) is 0.468. The van der Waals surface area contributed by atoms with Crippen LogP contribution in [-0.4, -0.2) is 69.3 Å². The predicted octanol–water partition coefficient (Wildman–Crippen LogP) is 4.44. The first kappa shape index (κ1) is 26.2. The molecule has 1 rings (SSSR count). The molecule has 0 spiro atoms. The van der Waals surface area contributed by atoms with Gasteiger partial charge in [0.25, 0.3) is 0 Å². The molecule has 0 aromatic heterocycles. The van der Waals surface area contributed by atoms with Gasteiger partial charge >= 0.3 is 54.3 Å². The second kappa shape index (κ2) is 6.13. The van der Waals surface area contributed by atoms with Gasteiger partial charge in [-0.3, -0.25) is 0 Å². The molecule has 0 bridgehead atoms. The predicted molar refractivity (Wildman–Crippen MR) is 52.0 cm³/mol. The number of rotatable bonds is 3. The highest BCUT2D eigenvalue weighted by atomic mass is 19.4. The van der Waals surface area contributed by atoms with Gasteiger partial charge in [0.15, 0.2) is 0 Å². The Labute approximate surface area is 150 Å². The number of alkyl halides is 17. The number of carboxylic acids is 1. The fourth-order valence-corrected chi connectivity index (χ4v) is 2.14. The maximum absolute atomic E-state index is 13.7. The van der Waals surface area contributed by atoms with Crippen molar-refractivity contribution in [3.8, 4) is 0 Å². The third-order valence-corrected chi connectivity index (χ3v) is 3.48. The van der Waals surface area contributed by atoms with Crippen molar-refractivity contribution in [1.29, 1.82) is 0 Å². The van der Waals surface area contributed by atoms with E-state index in [1.165, 1.54) is 0 Å². The van der Waals surface area contributed by atoms with Gasteiger partial charge in [0.05, 0.1) is 0 Å². The van der Waals surface area contributed by atoms with Crippen LogP contribution in [0.25, 0.3) is 0 Å². The molecule has 1 saturated heterocycles. The molecular weight excluding hydrogens is 491 g/mol. The van der Waals surface area contributed by atoms with Crippen molar-refractivity contribution in [3.63, 3.8) is 0 Å². The van der Waals surface area contributed by atoms with E-state index in [0.717, 1.165) is 0 Å². The van der Waals surface area contributed by atoms with Crippen LogP contribution >= 0.6 is 0 Å². The summed E-state index contributed by atoms with van der Waals surface area (Å²) in [4.78, 5) is 1.48. The number of nitrogens with zero attached hydrogens (tertiary/aromatic N) is 2. The topological polar surface area (TPSA) is 43.8 Å². The number of aliphatic carboxylic acids is 1. The van der Waals surface area contributed by atoms with Gasteiger partial charge in [-0.25, -0.2) is 9.18 Å². The third kappa shape index (κ3) is 2.87. The van der Waals surface area contributed by atoms with E-state index in [1.54, 1.807) is 0 Å². The fourth-order valence-electron chi connectivity index (χ4n) is 2.14. The van der Waals surface area contributed by atoms with Crippen molar-refractivity contribution in [2.75, 3.05) is 0 Å².